The normalized spacial score (nSPS) is 21.1. The fourth-order valence-electron chi connectivity index (χ4n) is 3.06. The first-order valence-corrected chi connectivity index (χ1v) is 7.92. The Morgan fingerprint density at radius 1 is 1.50 bits per heavy atom. The average Bonchev–Trinajstić information content (AvgIpc) is 3.11. The summed E-state index contributed by atoms with van der Waals surface area (Å²) in [6, 6.07) is 7.94. The van der Waals surface area contributed by atoms with Crippen molar-refractivity contribution in [3.8, 4) is 0 Å². The lowest BCUT2D eigenvalue weighted by Crippen LogP contribution is -2.29. The molecule has 0 spiro atoms. The van der Waals surface area contributed by atoms with E-state index in [9.17, 15) is 14.3 Å². The zero-order chi connectivity index (χ0) is 17.1. The summed E-state index contributed by atoms with van der Waals surface area (Å²) in [7, 11) is 0. The van der Waals surface area contributed by atoms with Crippen LogP contribution in [0, 0.1) is 12.7 Å². The lowest BCUT2D eigenvalue weighted by molar-refractivity contribution is -0.116. The standard InChI is InChI=1S/C17H20FN3O3/c1-11-7-16(20-24-11)19-17(23)5-6-21-10-14(22)9-15(21)12-3-2-4-13(18)8-12/h2-4,7-8,14-15,22H,5-6,9-10H2,1H3,(H,19,20,23). The van der Waals surface area contributed by atoms with E-state index in [0.29, 0.717) is 31.1 Å². The predicted octanol–water partition coefficient (Wildman–Crippen LogP) is 2.26. The number of halogens is 1. The first-order valence-electron chi connectivity index (χ1n) is 7.92. The monoisotopic (exact) mass is 333 g/mol. The van der Waals surface area contributed by atoms with Gasteiger partial charge < -0.3 is 14.9 Å². The van der Waals surface area contributed by atoms with Gasteiger partial charge in [-0.1, -0.05) is 17.3 Å². The van der Waals surface area contributed by atoms with Gasteiger partial charge in [0, 0.05) is 31.6 Å². The molecule has 2 heterocycles. The van der Waals surface area contributed by atoms with Crippen LogP contribution in [0.25, 0.3) is 0 Å². The van der Waals surface area contributed by atoms with Crippen LogP contribution in [0.1, 0.15) is 30.2 Å². The van der Waals surface area contributed by atoms with Crippen molar-refractivity contribution in [2.24, 2.45) is 0 Å². The Kier molecular flexibility index (Phi) is 4.92. The van der Waals surface area contributed by atoms with E-state index >= 15 is 0 Å². The van der Waals surface area contributed by atoms with Gasteiger partial charge in [-0.3, -0.25) is 9.69 Å². The molecule has 1 saturated heterocycles. The second-order valence-electron chi connectivity index (χ2n) is 6.08. The van der Waals surface area contributed by atoms with E-state index in [-0.39, 0.29) is 24.2 Å². The number of hydrogen-bond acceptors (Lipinski definition) is 5. The number of aryl methyl sites for hydroxylation is 1. The molecular formula is C17H20FN3O3. The maximum Gasteiger partial charge on any atom is 0.226 e. The van der Waals surface area contributed by atoms with E-state index in [4.69, 9.17) is 4.52 Å². The summed E-state index contributed by atoms with van der Waals surface area (Å²) in [5.74, 6) is 0.537. The Bertz CT molecular complexity index is 719. The van der Waals surface area contributed by atoms with Crippen LogP contribution >= 0.6 is 0 Å². The minimum absolute atomic E-state index is 0.0854. The zero-order valence-electron chi connectivity index (χ0n) is 13.4. The average molecular weight is 333 g/mol. The number of aromatic nitrogens is 1. The van der Waals surface area contributed by atoms with E-state index in [1.54, 1.807) is 19.1 Å². The summed E-state index contributed by atoms with van der Waals surface area (Å²) in [4.78, 5) is 14.0. The molecule has 2 N–H and O–H groups in total. The van der Waals surface area contributed by atoms with E-state index in [1.165, 1.54) is 12.1 Å². The van der Waals surface area contributed by atoms with Crippen molar-refractivity contribution in [2.45, 2.75) is 31.9 Å². The van der Waals surface area contributed by atoms with Gasteiger partial charge in [0.2, 0.25) is 5.91 Å². The number of carbonyl (C=O) groups is 1. The second-order valence-corrected chi connectivity index (χ2v) is 6.08. The van der Waals surface area contributed by atoms with Crippen molar-refractivity contribution in [1.29, 1.82) is 0 Å². The molecule has 128 valence electrons. The van der Waals surface area contributed by atoms with Crippen molar-refractivity contribution in [3.05, 3.63) is 47.5 Å². The van der Waals surface area contributed by atoms with Gasteiger partial charge in [0.05, 0.1) is 6.10 Å². The molecule has 0 aliphatic carbocycles. The fraction of sp³-hybridized carbons (Fsp3) is 0.412. The molecule has 1 aliphatic rings. The van der Waals surface area contributed by atoms with Crippen LogP contribution in [0.2, 0.25) is 0 Å². The molecular weight excluding hydrogens is 313 g/mol. The summed E-state index contributed by atoms with van der Waals surface area (Å²) >= 11 is 0. The summed E-state index contributed by atoms with van der Waals surface area (Å²) in [6.07, 6.45) is 0.317. The van der Waals surface area contributed by atoms with Gasteiger partial charge in [0.25, 0.3) is 0 Å². The van der Waals surface area contributed by atoms with Crippen LogP contribution in [0.4, 0.5) is 10.2 Å². The highest BCUT2D eigenvalue weighted by Gasteiger charge is 2.32. The van der Waals surface area contributed by atoms with E-state index < -0.39 is 6.10 Å². The Balaban J connectivity index is 1.59. The number of nitrogens with zero attached hydrogens (tertiary/aromatic N) is 2. The first kappa shape index (κ1) is 16.6. The first-order chi connectivity index (χ1) is 11.5. The molecule has 1 aliphatic heterocycles. The number of aliphatic hydroxyl groups is 1. The van der Waals surface area contributed by atoms with Crippen molar-refractivity contribution in [3.63, 3.8) is 0 Å². The molecule has 3 rings (SSSR count). The molecule has 1 aromatic heterocycles. The van der Waals surface area contributed by atoms with Crippen LogP contribution in [-0.2, 0) is 4.79 Å². The highest BCUT2D eigenvalue weighted by molar-refractivity contribution is 5.89. The zero-order valence-corrected chi connectivity index (χ0v) is 13.4. The van der Waals surface area contributed by atoms with Gasteiger partial charge in [0.15, 0.2) is 5.82 Å². The Labute approximate surface area is 139 Å². The van der Waals surface area contributed by atoms with Crippen molar-refractivity contribution in [1.82, 2.24) is 10.1 Å². The van der Waals surface area contributed by atoms with Gasteiger partial charge in [0.1, 0.15) is 11.6 Å². The third-order valence-electron chi connectivity index (χ3n) is 4.14. The molecule has 24 heavy (non-hydrogen) atoms. The summed E-state index contributed by atoms with van der Waals surface area (Å²) in [6.45, 7) is 2.69. The second kappa shape index (κ2) is 7.11. The third-order valence-corrected chi connectivity index (χ3v) is 4.14. The molecule has 1 fully saturated rings. The molecule has 7 heteroatoms. The van der Waals surface area contributed by atoms with Crippen LogP contribution in [0.15, 0.2) is 34.9 Å². The number of aliphatic hydroxyl groups excluding tert-OH is 1. The summed E-state index contributed by atoms with van der Waals surface area (Å²) in [5.41, 5.74) is 0.819. The maximum absolute atomic E-state index is 13.4. The molecule has 2 atom stereocenters. The van der Waals surface area contributed by atoms with Gasteiger partial charge in [-0.2, -0.15) is 0 Å². The number of nitrogens with one attached hydrogen (secondary N) is 1. The van der Waals surface area contributed by atoms with Crippen molar-refractivity contribution < 1.29 is 18.8 Å². The fourth-order valence-corrected chi connectivity index (χ4v) is 3.06. The lowest BCUT2D eigenvalue weighted by Gasteiger charge is -2.24. The minimum Gasteiger partial charge on any atom is -0.392 e. The van der Waals surface area contributed by atoms with Crippen molar-refractivity contribution >= 4 is 11.7 Å². The number of carbonyl (C=O) groups excluding carboxylic acids is 1. The maximum atomic E-state index is 13.4. The van der Waals surface area contributed by atoms with E-state index in [0.717, 1.165) is 5.56 Å². The van der Waals surface area contributed by atoms with Crippen LogP contribution in [0.5, 0.6) is 0 Å². The molecule has 2 aromatic rings. The van der Waals surface area contributed by atoms with Gasteiger partial charge in [-0.15, -0.1) is 0 Å². The summed E-state index contributed by atoms with van der Waals surface area (Å²) < 4.78 is 18.3. The Morgan fingerprint density at radius 2 is 2.33 bits per heavy atom. The van der Waals surface area contributed by atoms with E-state index in [2.05, 4.69) is 10.5 Å². The number of hydrogen-bond donors (Lipinski definition) is 2. The SMILES string of the molecule is Cc1cc(NC(=O)CCN2CC(O)CC2c2cccc(F)c2)no1. The molecule has 0 saturated carbocycles. The Morgan fingerprint density at radius 3 is 3.04 bits per heavy atom. The van der Waals surface area contributed by atoms with E-state index in [1.807, 2.05) is 11.0 Å². The summed E-state index contributed by atoms with van der Waals surface area (Å²) in [5, 5.41) is 16.3. The molecule has 1 aromatic carbocycles. The smallest absolute Gasteiger partial charge is 0.226 e. The number of benzene rings is 1. The molecule has 1 amide bonds. The quantitative estimate of drug-likeness (QED) is 0.877. The van der Waals surface area contributed by atoms with Crippen molar-refractivity contribution in [2.75, 3.05) is 18.4 Å². The van der Waals surface area contributed by atoms with Crippen LogP contribution in [-0.4, -0.2) is 40.3 Å². The number of anilines is 1. The molecule has 0 radical (unpaired) electrons. The number of β-amino-alcohol motifs (C(OH)–C–C–N with tert-alkyl or cyclic N) is 1. The molecule has 2 unspecified atom stereocenters. The van der Waals surface area contributed by atoms with Crippen LogP contribution < -0.4 is 5.32 Å². The number of rotatable bonds is 5. The topological polar surface area (TPSA) is 78.6 Å². The van der Waals surface area contributed by atoms with Crippen LogP contribution in [0.3, 0.4) is 0 Å². The van der Waals surface area contributed by atoms with Gasteiger partial charge in [-0.25, -0.2) is 4.39 Å². The Hall–Kier alpha value is -2.25. The number of likely N-dealkylation sites (tertiary alicyclic amines) is 1. The van der Waals surface area contributed by atoms with Gasteiger partial charge >= 0.3 is 0 Å². The lowest BCUT2D eigenvalue weighted by atomic mass is 10.0. The highest BCUT2D eigenvalue weighted by Crippen LogP contribution is 2.32. The van der Waals surface area contributed by atoms with Gasteiger partial charge in [-0.05, 0) is 31.0 Å². The molecule has 6 nitrogen and oxygen atoms in total. The minimum atomic E-state index is -0.473. The number of amides is 1. The predicted molar refractivity (Wildman–Crippen MR) is 85.8 cm³/mol. The third kappa shape index (κ3) is 3.98. The largest absolute Gasteiger partial charge is 0.392 e. The highest BCUT2D eigenvalue weighted by atomic mass is 19.1. The molecule has 0 bridgehead atoms.